The first-order valence-electron chi connectivity index (χ1n) is 11.0. The minimum Gasteiger partial charge on any atom is -0.381 e. The van der Waals surface area contributed by atoms with E-state index in [0.29, 0.717) is 49.2 Å². The Morgan fingerprint density at radius 1 is 1.00 bits per heavy atom. The van der Waals surface area contributed by atoms with Crippen LogP contribution >= 0.6 is 0 Å². The summed E-state index contributed by atoms with van der Waals surface area (Å²) in [6.07, 6.45) is 2.88. The second-order valence-electron chi connectivity index (χ2n) is 7.79. The topological polar surface area (TPSA) is 122 Å². The van der Waals surface area contributed by atoms with E-state index < -0.39 is 10.0 Å². The van der Waals surface area contributed by atoms with Crippen LogP contribution < -0.4 is 16.4 Å². The van der Waals surface area contributed by atoms with E-state index in [1.54, 1.807) is 48.7 Å². The van der Waals surface area contributed by atoms with Crippen LogP contribution in [-0.4, -0.2) is 55.0 Å². The summed E-state index contributed by atoms with van der Waals surface area (Å²) < 4.78 is 46.5. The van der Waals surface area contributed by atoms with Crippen molar-refractivity contribution in [3.8, 4) is 0 Å². The third kappa shape index (κ3) is 5.86. The van der Waals surface area contributed by atoms with Crippen molar-refractivity contribution in [1.82, 2.24) is 14.3 Å². The van der Waals surface area contributed by atoms with Crippen LogP contribution in [0.5, 0.6) is 0 Å². The second kappa shape index (κ2) is 10.9. The molecule has 180 valence electrons. The highest BCUT2D eigenvalue weighted by Gasteiger charge is 2.32. The number of rotatable bonds is 9. The molecule has 1 aliphatic rings. The van der Waals surface area contributed by atoms with Gasteiger partial charge in [-0.25, -0.2) is 17.8 Å². The number of sulfonamides is 1. The summed E-state index contributed by atoms with van der Waals surface area (Å²) in [4.78, 5) is 8.79. The second-order valence-corrected chi connectivity index (χ2v) is 9.69. The Morgan fingerprint density at radius 3 is 2.32 bits per heavy atom. The normalized spacial score (nSPS) is 14.8. The molecule has 11 heteroatoms. The number of nitrogens with zero attached hydrogens (tertiary/aromatic N) is 3. The van der Waals surface area contributed by atoms with Crippen molar-refractivity contribution in [2.24, 2.45) is 5.73 Å². The van der Waals surface area contributed by atoms with Crippen LogP contribution in [0.2, 0.25) is 0 Å². The molecule has 4 rings (SSSR count). The van der Waals surface area contributed by atoms with Gasteiger partial charge in [0.05, 0.1) is 4.90 Å². The Morgan fingerprint density at radius 2 is 1.65 bits per heavy atom. The van der Waals surface area contributed by atoms with Crippen molar-refractivity contribution >= 4 is 33.2 Å². The van der Waals surface area contributed by atoms with Gasteiger partial charge in [-0.15, -0.1) is 0 Å². The van der Waals surface area contributed by atoms with Crippen LogP contribution in [0.4, 0.5) is 27.5 Å². The molecule has 0 radical (unpaired) electrons. The zero-order valence-corrected chi connectivity index (χ0v) is 19.3. The molecule has 0 unspecified atom stereocenters. The first kappa shape index (κ1) is 24.0. The number of hydrogen-bond acceptors (Lipinski definition) is 8. The Balaban J connectivity index is 1.46. The fourth-order valence-electron chi connectivity index (χ4n) is 3.74. The minimum absolute atomic E-state index is 0.121. The van der Waals surface area contributed by atoms with Crippen LogP contribution in [0.1, 0.15) is 12.8 Å². The zero-order chi connectivity index (χ0) is 24.0. The summed E-state index contributed by atoms with van der Waals surface area (Å²) in [6, 6.07) is 13.9. The zero-order valence-electron chi connectivity index (χ0n) is 18.5. The van der Waals surface area contributed by atoms with Gasteiger partial charge in [-0.1, -0.05) is 0 Å². The summed E-state index contributed by atoms with van der Waals surface area (Å²) in [6.45, 7) is 1.59. The quantitative estimate of drug-likeness (QED) is 0.421. The molecule has 4 N–H and O–H groups in total. The molecule has 0 aliphatic carbocycles. The third-order valence-electron chi connectivity index (χ3n) is 5.44. The monoisotopic (exact) mass is 486 g/mol. The van der Waals surface area contributed by atoms with Gasteiger partial charge in [0, 0.05) is 49.9 Å². The lowest BCUT2D eigenvalue weighted by Crippen LogP contribution is -2.45. The smallest absolute Gasteiger partial charge is 0.243 e. The maximum atomic E-state index is 13.3. The van der Waals surface area contributed by atoms with Crippen molar-refractivity contribution in [2.45, 2.75) is 23.8 Å². The van der Waals surface area contributed by atoms with Crippen molar-refractivity contribution in [1.29, 1.82) is 0 Å². The molecular formula is C23H27FN6O3S. The number of aromatic nitrogens is 2. The van der Waals surface area contributed by atoms with Crippen LogP contribution in [0.3, 0.4) is 0 Å². The molecule has 0 spiro atoms. The van der Waals surface area contributed by atoms with Crippen molar-refractivity contribution in [3.05, 3.63) is 66.6 Å². The average molecular weight is 487 g/mol. The third-order valence-corrected chi connectivity index (χ3v) is 7.40. The lowest BCUT2D eigenvalue weighted by Gasteiger charge is -2.33. The number of ether oxygens (including phenoxy) is 1. The minimum atomic E-state index is -3.69. The largest absolute Gasteiger partial charge is 0.381 e. The first-order chi connectivity index (χ1) is 16.5. The van der Waals surface area contributed by atoms with E-state index in [2.05, 4.69) is 20.6 Å². The van der Waals surface area contributed by atoms with E-state index in [1.165, 1.54) is 16.4 Å². The molecule has 0 bridgehead atoms. The van der Waals surface area contributed by atoms with Crippen LogP contribution in [0.15, 0.2) is 65.7 Å². The molecular weight excluding hydrogens is 459 g/mol. The van der Waals surface area contributed by atoms with Crippen molar-refractivity contribution in [2.75, 3.05) is 36.9 Å². The fraction of sp³-hybridized carbons (Fsp3) is 0.304. The highest BCUT2D eigenvalue weighted by Crippen LogP contribution is 2.25. The molecule has 1 fully saturated rings. The van der Waals surface area contributed by atoms with E-state index >= 15 is 0 Å². The summed E-state index contributed by atoms with van der Waals surface area (Å²) >= 11 is 0. The Bertz CT molecular complexity index is 1190. The maximum Gasteiger partial charge on any atom is 0.243 e. The number of nitrogens with one attached hydrogen (secondary N) is 2. The molecule has 34 heavy (non-hydrogen) atoms. The molecule has 1 aromatic heterocycles. The number of anilines is 4. The molecule has 2 heterocycles. The van der Waals surface area contributed by atoms with Gasteiger partial charge in [-0.05, 0) is 67.4 Å². The molecule has 9 nitrogen and oxygen atoms in total. The maximum absolute atomic E-state index is 13.3. The molecule has 0 saturated carbocycles. The number of halogens is 1. The van der Waals surface area contributed by atoms with Crippen LogP contribution in [-0.2, 0) is 14.8 Å². The van der Waals surface area contributed by atoms with Gasteiger partial charge in [0.2, 0.25) is 16.0 Å². The van der Waals surface area contributed by atoms with E-state index in [-0.39, 0.29) is 29.8 Å². The fourth-order valence-corrected chi connectivity index (χ4v) is 5.44. The van der Waals surface area contributed by atoms with Gasteiger partial charge in [0.25, 0.3) is 0 Å². The summed E-state index contributed by atoms with van der Waals surface area (Å²) in [5.41, 5.74) is 7.03. The van der Waals surface area contributed by atoms with Gasteiger partial charge in [-0.2, -0.15) is 9.29 Å². The van der Waals surface area contributed by atoms with E-state index in [9.17, 15) is 12.8 Å². The lowest BCUT2D eigenvalue weighted by atomic mass is 10.1. The van der Waals surface area contributed by atoms with Crippen molar-refractivity contribution in [3.63, 3.8) is 0 Å². The number of nitrogens with two attached hydrogens (primary N) is 1. The van der Waals surface area contributed by atoms with Crippen molar-refractivity contribution < 1.29 is 17.5 Å². The highest BCUT2D eigenvalue weighted by molar-refractivity contribution is 7.89. The Kier molecular flexibility index (Phi) is 7.68. The number of hydrogen-bond donors (Lipinski definition) is 3. The first-order valence-corrected chi connectivity index (χ1v) is 12.4. The van der Waals surface area contributed by atoms with Gasteiger partial charge < -0.3 is 21.1 Å². The van der Waals surface area contributed by atoms with Crippen LogP contribution in [0, 0.1) is 5.82 Å². The predicted molar refractivity (Wildman–Crippen MR) is 128 cm³/mol. The Hall–Kier alpha value is -3.12. The molecule has 0 amide bonds. The molecule has 3 aromatic rings. The molecule has 1 saturated heterocycles. The summed E-state index contributed by atoms with van der Waals surface area (Å²) in [5.74, 6) is 0.534. The highest BCUT2D eigenvalue weighted by atomic mass is 32.2. The van der Waals surface area contributed by atoms with E-state index in [1.807, 2.05) is 0 Å². The van der Waals surface area contributed by atoms with Gasteiger partial charge in [0.1, 0.15) is 11.6 Å². The summed E-state index contributed by atoms with van der Waals surface area (Å²) in [5, 5.41) is 6.15. The van der Waals surface area contributed by atoms with E-state index in [0.717, 1.165) is 0 Å². The number of benzene rings is 2. The molecule has 1 aliphatic heterocycles. The average Bonchev–Trinajstić information content (AvgIpc) is 2.85. The molecule has 0 atom stereocenters. The van der Waals surface area contributed by atoms with E-state index in [4.69, 9.17) is 10.5 Å². The van der Waals surface area contributed by atoms with Gasteiger partial charge in [0.15, 0.2) is 0 Å². The SMILES string of the molecule is NCCN(C1CCOCC1)S(=O)(=O)c1ccc(Nc2nccc(Nc3ccc(F)cc3)n2)cc1. The predicted octanol–water partition coefficient (Wildman–Crippen LogP) is 3.23. The summed E-state index contributed by atoms with van der Waals surface area (Å²) in [7, 11) is -3.69. The lowest BCUT2D eigenvalue weighted by molar-refractivity contribution is 0.0590. The van der Waals surface area contributed by atoms with Gasteiger partial charge >= 0.3 is 0 Å². The standard InChI is InChI=1S/C23H27FN6O3S/c24-17-1-3-18(4-2-17)27-22-9-13-26-23(29-22)28-19-5-7-21(8-6-19)34(31,32)30(14-12-25)20-10-15-33-16-11-20/h1-9,13,20H,10-12,14-16,25H2,(H2,26,27,28,29). The Labute approximate surface area is 198 Å². The van der Waals surface area contributed by atoms with Crippen LogP contribution in [0.25, 0.3) is 0 Å². The molecule has 2 aromatic carbocycles. The van der Waals surface area contributed by atoms with Gasteiger partial charge in [-0.3, -0.25) is 0 Å².